The SMILES string of the molecule is CB(O)N1CCN([C@H]2c3ccc(Cl)cc3CCc3cc(Br)cnc32)[C@@H](C(=O)NCCC2(n3ccnc3)CC2)C1. The van der Waals surface area contributed by atoms with Crippen molar-refractivity contribution in [3.63, 3.8) is 0 Å². The van der Waals surface area contributed by atoms with Gasteiger partial charge in [-0.3, -0.25) is 14.7 Å². The van der Waals surface area contributed by atoms with Gasteiger partial charge in [-0.15, -0.1) is 0 Å². The number of rotatable bonds is 7. The van der Waals surface area contributed by atoms with Crippen LogP contribution in [-0.4, -0.2) is 74.4 Å². The van der Waals surface area contributed by atoms with Crippen LogP contribution in [0.25, 0.3) is 0 Å². The third-order valence-electron chi connectivity index (χ3n) is 8.68. The van der Waals surface area contributed by atoms with Gasteiger partial charge < -0.3 is 19.7 Å². The van der Waals surface area contributed by atoms with Crippen LogP contribution in [0.15, 0.2) is 53.7 Å². The molecule has 2 aliphatic carbocycles. The number of aryl methyl sites for hydroxylation is 2. The van der Waals surface area contributed by atoms with E-state index in [1.165, 1.54) is 11.1 Å². The van der Waals surface area contributed by atoms with Crippen molar-refractivity contribution in [1.82, 2.24) is 29.6 Å². The summed E-state index contributed by atoms with van der Waals surface area (Å²) in [6.07, 6.45) is 12.3. The molecule has 8 nitrogen and oxygen atoms in total. The number of nitrogens with one attached hydrogen (secondary N) is 1. The van der Waals surface area contributed by atoms with Gasteiger partial charge in [0, 0.05) is 59.8 Å². The highest BCUT2D eigenvalue weighted by molar-refractivity contribution is 9.10. The maximum absolute atomic E-state index is 13.9. The number of piperazine rings is 1. The van der Waals surface area contributed by atoms with Gasteiger partial charge in [0.1, 0.15) is 6.04 Å². The Balaban J connectivity index is 1.30. The quantitative estimate of drug-likeness (QED) is 0.397. The number of pyridine rings is 1. The van der Waals surface area contributed by atoms with E-state index < -0.39 is 13.1 Å². The van der Waals surface area contributed by atoms with Gasteiger partial charge in [-0.1, -0.05) is 17.7 Å². The van der Waals surface area contributed by atoms with Gasteiger partial charge >= 0.3 is 7.05 Å². The normalized spacial score (nSPS) is 22.5. The fourth-order valence-electron chi connectivity index (χ4n) is 6.31. The van der Waals surface area contributed by atoms with Crippen molar-refractivity contribution in [2.45, 2.75) is 56.5 Å². The van der Waals surface area contributed by atoms with Gasteiger partial charge in [0.25, 0.3) is 0 Å². The molecule has 3 aromatic rings. The molecule has 1 aromatic carbocycles. The second-order valence-corrected chi connectivity index (χ2v) is 12.4. The lowest BCUT2D eigenvalue weighted by Gasteiger charge is -2.45. The van der Waals surface area contributed by atoms with Crippen LogP contribution in [0, 0.1) is 0 Å². The zero-order valence-corrected chi connectivity index (χ0v) is 24.4. The van der Waals surface area contributed by atoms with Gasteiger partial charge in [0.05, 0.1) is 18.1 Å². The molecular formula is C28H33BBrClN6O2. The molecule has 0 bridgehead atoms. The lowest BCUT2D eigenvalue weighted by molar-refractivity contribution is -0.129. The molecule has 2 fully saturated rings. The van der Waals surface area contributed by atoms with E-state index in [2.05, 4.69) is 53.9 Å². The topological polar surface area (TPSA) is 86.5 Å². The second kappa shape index (κ2) is 11.0. The fourth-order valence-corrected chi connectivity index (χ4v) is 6.88. The third-order valence-corrected chi connectivity index (χ3v) is 9.34. The molecule has 1 saturated carbocycles. The van der Waals surface area contributed by atoms with Crippen LogP contribution in [0.2, 0.25) is 11.8 Å². The van der Waals surface area contributed by atoms with Gasteiger partial charge in [-0.2, -0.15) is 0 Å². The predicted octanol–water partition coefficient (Wildman–Crippen LogP) is 3.67. The van der Waals surface area contributed by atoms with E-state index in [9.17, 15) is 9.82 Å². The minimum absolute atomic E-state index is 0.0137. The number of imidazole rings is 1. The lowest BCUT2D eigenvalue weighted by Crippen LogP contribution is -2.62. The Morgan fingerprint density at radius 3 is 2.82 bits per heavy atom. The van der Waals surface area contributed by atoms with Crippen molar-refractivity contribution in [2.75, 3.05) is 26.2 Å². The second-order valence-electron chi connectivity index (χ2n) is 11.1. The number of hydrogen-bond donors (Lipinski definition) is 2. The van der Waals surface area contributed by atoms with Crippen molar-refractivity contribution >= 4 is 40.5 Å². The summed E-state index contributed by atoms with van der Waals surface area (Å²) in [5.74, 6) is -0.0137. The first-order chi connectivity index (χ1) is 18.8. The fraction of sp³-hybridized carbons (Fsp3) is 0.464. The van der Waals surface area contributed by atoms with Crippen molar-refractivity contribution in [2.24, 2.45) is 0 Å². The molecule has 6 rings (SSSR count). The van der Waals surface area contributed by atoms with Gasteiger partial charge in [0.15, 0.2) is 0 Å². The summed E-state index contributed by atoms with van der Waals surface area (Å²) in [6, 6.07) is 7.60. The van der Waals surface area contributed by atoms with E-state index in [1.807, 2.05) is 35.8 Å². The van der Waals surface area contributed by atoms with E-state index in [1.54, 1.807) is 6.82 Å². The molecule has 39 heavy (non-hydrogen) atoms. The summed E-state index contributed by atoms with van der Waals surface area (Å²) in [6.45, 7) is 4.10. The number of carbonyl (C=O) groups is 1. The van der Waals surface area contributed by atoms with Crippen LogP contribution in [-0.2, 0) is 23.2 Å². The standard InChI is InChI=1S/C28H33BBrClN6O2/c1-29(39)36-12-13-37(24(17-36)27(38)33-9-8-28(6-7-28)35-11-10-32-18-35)26-23-5-4-22(31)15-19(23)2-3-20-14-21(30)16-34-25(20)26/h4-5,10-11,14-16,18,24,26,39H,2-3,6-9,12-13,17H2,1H3,(H,33,38)/t24-,26+/m1/s1. The molecule has 2 atom stereocenters. The molecule has 1 saturated heterocycles. The van der Waals surface area contributed by atoms with E-state index in [-0.39, 0.29) is 17.5 Å². The molecule has 204 valence electrons. The summed E-state index contributed by atoms with van der Waals surface area (Å²) in [5, 5.41) is 14.4. The lowest BCUT2D eigenvalue weighted by atomic mass is 9.82. The monoisotopic (exact) mass is 610 g/mol. The van der Waals surface area contributed by atoms with Gasteiger partial charge in [-0.05, 0) is 89.7 Å². The number of hydrogen-bond acceptors (Lipinski definition) is 6. The molecular weight excluding hydrogens is 579 g/mol. The number of fused-ring (bicyclic) bond motifs is 2. The molecule has 3 aliphatic rings. The summed E-state index contributed by atoms with van der Waals surface area (Å²) in [5.41, 5.74) is 4.56. The van der Waals surface area contributed by atoms with Gasteiger partial charge in [0.2, 0.25) is 5.91 Å². The predicted molar refractivity (Wildman–Crippen MR) is 156 cm³/mol. The number of halogens is 2. The highest BCUT2D eigenvalue weighted by Crippen LogP contribution is 2.46. The van der Waals surface area contributed by atoms with E-state index in [0.29, 0.717) is 31.2 Å². The molecule has 1 aliphatic heterocycles. The first-order valence-corrected chi connectivity index (χ1v) is 14.9. The van der Waals surface area contributed by atoms with Crippen LogP contribution >= 0.6 is 27.5 Å². The minimum Gasteiger partial charge on any atom is -0.437 e. The number of amides is 1. The Labute approximate surface area is 243 Å². The first kappa shape index (κ1) is 27.0. The first-order valence-electron chi connectivity index (χ1n) is 13.7. The average Bonchev–Trinajstić information content (AvgIpc) is 3.53. The third kappa shape index (κ3) is 5.42. The Morgan fingerprint density at radius 1 is 1.26 bits per heavy atom. The molecule has 2 aromatic heterocycles. The summed E-state index contributed by atoms with van der Waals surface area (Å²) >= 11 is 10.0. The van der Waals surface area contributed by atoms with Gasteiger partial charge in [-0.25, -0.2) is 4.98 Å². The molecule has 2 N–H and O–H groups in total. The van der Waals surface area contributed by atoms with E-state index in [4.69, 9.17) is 16.6 Å². The number of aromatic nitrogens is 3. The Bertz CT molecular complexity index is 1300. The zero-order chi connectivity index (χ0) is 27.1. The minimum atomic E-state index is -0.625. The number of benzene rings is 1. The van der Waals surface area contributed by atoms with Crippen molar-refractivity contribution in [3.8, 4) is 0 Å². The number of carbonyl (C=O) groups excluding carboxylic acids is 1. The Hall–Kier alpha value is -2.24. The summed E-state index contributed by atoms with van der Waals surface area (Å²) in [7, 11) is -0.625. The molecule has 3 heterocycles. The molecule has 11 heteroatoms. The van der Waals surface area contributed by atoms with Crippen LogP contribution in [0.4, 0.5) is 0 Å². The summed E-state index contributed by atoms with van der Waals surface area (Å²) < 4.78 is 3.12. The van der Waals surface area contributed by atoms with E-state index >= 15 is 0 Å². The maximum Gasteiger partial charge on any atom is 0.376 e. The Morgan fingerprint density at radius 2 is 2.08 bits per heavy atom. The molecule has 0 unspecified atom stereocenters. The molecule has 0 radical (unpaired) electrons. The van der Waals surface area contributed by atoms with Crippen LogP contribution in [0.1, 0.15) is 47.7 Å². The molecule has 0 spiro atoms. The zero-order valence-electron chi connectivity index (χ0n) is 22.1. The van der Waals surface area contributed by atoms with Crippen molar-refractivity contribution < 1.29 is 9.82 Å². The number of nitrogens with zero attached hydrogens (tertiary/aromatic N) is 5. The van der Waals surface area contributed by atoms with Crippen molar-refractivity contribution in [3.05, 3.63) is 81.1 Å². The highest BCUT2D eigenvalue weighted by Gasteiger charge is 2.45. The Kier molecular flexibility index (Phi) is 7.59. The smallest absolute Gasteiger partial charge is 0.376 e. The van der Waals surface area contributed by atoms with Crippen LogP contribution in [0.3, 0.4) is 0 Å². The largest absolute Gasteiger partial charge is 0.437 e. The van der Waals surface area contributed by atoms with Crippen LogP contribution in [0.5, 0.6) is 0 Å². The van der Waals surface area contributed by atoms with E-state index in [0.717, 1.165) is 47.8 Å². The maximum atomic E-state index is 13.9. The summed E-state index contributed by atoms with van der Waals surface area (Å²) in [4.78, 5) is 27.3. The van der Waals surface area contributed by atoms with Crippen molar-refractivity contribution in [1.29, 1.82) is 0 Å². The molecule has 1 amide bonds. The average molecular weight is 612 g/mol. The van der Waals surface area contributed by atoms with Crippen LogP contribution < -0.4 is 5.32 Å². The highest BCUT2D eigenvalue weighted by atomic mass is 79.9.